The molecule has 0 heterocycles. The zero-order valence-corrected chi connectivity index (χ0v) is 12.0. The highest BCUT2D eigenvalue weighted by atomic mass is 35.5. The molecule has 0 spiro atoms. The molecule has 1 aromatic carbocycles. The smallest absolute Gasteiger partial charge is 0.329 e. The number of halogens is 1. The molecule has 0 aliphatic heterocycles. The summed E-state index contributed by atoms with van der Waals surface area (Å²) in [5.41, 5.74) is -0.0697. The van der Waals surface area contributed by atoms with Crippen molar-refractivity contribution in [1.82, 2.24) is 5.32 Å². The fourth-order valence-electron chi connectivity index (χ4n) is 1.91. The van der Waals surface area contributed by atoms with Crippen molar-refractivity contribution < 1.29 is 14.7 Å². The third-order valence-electron chi connectivity index (χ3n) is 3.41. The number of carbonyl (C=O) groups excluding carboxylic acids is 1. The first-order chi connectivity index (χ1) is 8.86. The van der Waals surface area contributed by atoms with Crippen LogP contribution in [0.15, 0.2) is 18.2 Å². The van der Waals surface area contributed by atoms with E-state index < -0.39 is 17.4 Å². The van der Waals surface area contributed by atoms with Gasteiger partial charge in [-0.25, -0.2) is 4.79 Å². The fraction of sp³-hybridized carbons (Fsp3) is 0.429. The van der Waals surface area contributed by atoms with Crippen LogP contribution < -0.4 is 5.32 Å². The van der Waals surface area contributed by atoms with Crippen molar-refractivity contribution in [1.29, 1.82) is 0 Å². The molecule has 0 fully saturated rings. The molecule has 104 valence electrons. The SMILES string of the molecule is CCC(CC)(NC(=O)c1cc(Cl)ccc1C)C(=O)O. The summed E-state index contributed by atoms with van der Waals surface area (Å²) in [6, 6.07) is 4.97. The van der Waals surface area contributed by atoms with E-state index in [4.69, 9.17) is 11.6 Å². The maximum Gasteiger partial charge on any atom is 0.329 e. The van der Waals surface area contributed by atoms with Crippen LogP contribution in [0.5, 0.6) is 0 Å². The highest BCUT2D eigenvalue weighted by Gasteiger charge is 2.36. The number of hydrogen-bond donors (Lipinski definition) is 2. The molecule has 0 aliphatic carbocycles. The van der Waals surface area contributed by atoms with Gasteiger partial charge in [0.05, 0.1) is 0 Å². The van der Waals surface area contributed by atoms with Gasteiger partial charge in [0.2, 0.25) is 0 Å². The van der Waals surface area contributed by atoms with Crippen LogP contribution in [-0.4, -0.2) is 22.5 Å². The van der Waals surface area contributed by atoms with Crippen LogP contribution in [0.4, 0.5) is 0 Å². The van der Waals surface area contributed by atoms with Gasteiger partial charge in [-0.1, -0.05) is 31.5 Å². The standard InChI is InChI=1S/C14H18ClNO3/c1-4-14(5-2,13(18)19)16-12(17)11-8-10(15)7-6-9(11)3/h6-8H,4-5H2,1-3H3,(H,16,17)(H,18,19). The van der Waals surface area contributed by atoms with Gasteiger partial charge in [-0.2, -0.15) is 0 Å². The summed E-state index contributed by atoms with van der Waals surface area (Å²) in [6.07, 6.45) is 0.647. The summed E-state index contributed by atoms with van der Waals surface area (Å²) in [5, 5.41) is 12.4. The predicted molar refractivity (Wildman–Crippen MR) is 74.6 cm³/mol. The quantitative estimate of drug-likeness (QED) is 0.873. The Morgan fingerprint density at radius 3 is 2.37 bits per heavy atom. The van der Waals surface area contributed by atoms with Gasteiger partial charge in [0.15, 0.2) is 0 Å². The van der Waals surface area contributed by atoms with E-state index in [9.17, 15) is 14.7 Å². The number of rotatable bonds is 5. The van der Waals surface area contributed by atoms with Crippen molar-refractivity contribution >= 4 is 23.5 Å². The van der Waals surface area contributed by atoms with Gasteiger partial charge in [0.25, 0.3) is 5.91 Å². The van der Waals surface area contributed by atoms with Crippen molar-refractivity contribution in [3.63, 3.8) is 0 Å². The predicted octanol–water partition coefficient (Wildman–Crippen LogP) is 3.02. The number of benzene rings is 1. The number of amides is 1. The van der Waals surface area contributed by atoms with Crippen LogP contribution in [0.1, 0.15) is 42.6 Å². The molecule has 0 atom stereocenters. The number of nitrogens with one attached hydrogen (secondary N) is 1. The van der Waals surface area contributed by atoms with E-state index in [2.05, 4.69) is 5.32 Å². The first-order valence-corrected chi connectivity index (χ1v) is 6.56. The monoisotopic (exact) mass is 283 g/mol. The summed E-state index contributed by atoms with van der Waals surface area (Å²) in [5.74, 6) is -1.43. The molecule has 0 saturated carbocycles. The topological polar surface area (TPSA) is 66.4 Å². The van der Waals surface area contributed by atoms with Gasteiger partial charge in [-0.15, -0.1) is 0 Å². The number of carbonyl (C=O) groups is 2. The Balaban J connectivity index is 3.07. The van der Waals surface area contributed by atoms with Crippen molar-refractivity contribution in [3.8, 4) is 0 Å². The van der Waals surface area contributed by atoms with Gasteiger partial charge < -0.3 is 10.4 Å². The average molecular weight is 284 g/mol. The molecule has 5 heteroatoms. The van der Waals surface area contributed by atoms with Crippen LogP contribution in [0.3, 0.4) is 0 Å². The van der Waals surface area contributed by atoms with E-state index in [0.29, 0.717) is 23.4 Å². The van der Waals surface area contributed by atoms with Gasteiger partial charge in [-0.05, 0) is 37.5 Å². The van der Waals surface area contributed by atoms with E-state index in [1.165, 1.54) is 0 Å². The number of carboxylic acids is 1. The minimum Gasteiger partial charge on any atom is -0.480 e. The molecule has 19 heavy (non-hydrogen) atoms. The zero-order chi connectivity index (χ0) is 14.6. The van der Waals surface area contributed by atoms with Crippen LogP contribution in [0.25, 0.3) is 0 Å². The van der Waals surface area contributed by atoms with E-state index >= 15 is 0 Å². The minimum absolute atomic E-state index is 0.324. The second kappa shape index (κ2) is 6.06. The Kier molecular flexibility index (Phi) is 4.95. The third kappa shape index (κ3) is 3.26. The Bertz CT molecular complexity index is 495. The number of aliphatic carboxylic acids is 1. The lowest BCUT2D eigenvalue weighted by Gasteiger charge is -2.28. The second-order valence-corrected chi connectivity index (χ2v) is 4.94. The minimum atomic E-state index is -1.23. The second-order valence-electron chi connectivity index (χ2n) is 4.51. The largest absolute Gasteiger partial charge is 0.480 e. The Morgan fingerprint density at radius 1 is 1.32 bits per heavy atom. The Labute approximate surface area is 117 Å². The summed E-state index contributed by atoms with van der Waals surface area (Å²) in [6.45, 7) is 5.26. The summed E-state index contributed by atoms with van der Waals surface area (Å²) in [7, 11) is 0. The maximum absolute atomic E-state index is 12.2. The number of carboxylic acid groups (broad SMARTS) is 1. The lowest BCUT2D eigenvalue weighted by Crippen LogP contribution is -2.53. The average Bonchev–Trinajstić information content (AvgIpc) is 2.38. The van der Waals surface area contributed by atoms with Crippen molar-refractivity contribution in [2.24, 2.45) is 0 Å². The van der Waals surface area contributed by atoms with Gasteiger partial charge in [0, 0.05) is 10.6 Å². The first kappa shape index (κ1) is 15.5. The molecule has 0 saturated heterocycles. The molecule has 4 nitrogen and oxygen atoms in total. The fourth-order valence-corrected chi connectivity index (χ4v) is 2.08. The van der Waals surface area contributed by atoms with Gasteiger partial charge >= 0.3 is 5.97 Å². The lowest BCUT2D eigenvalue weighted by molar-refractivity contribution is -0.144. The first-order valence-electron chi connectivity index (χ1n) is 6.18. The van der Waals surface area contributed by atoms with Crippen LogP contribution in [-0.2, 0) is 4.79 Å². The molecular formula is C14H18ClNO3. The molecular weight excluding hydrogens is 266 g/mol. The van der Waals surface area contributed by atoms with E-state index in [-0.39, 0.29) is 0 Å². The normalized spacial score (nSPS) is 11.2. The highest BCUT2D eigenvalue weighted by Crippen LogP contribution is 2.19. The van der Waals surface area contributed by atoms with Crippen molar-refractivity contribution in [2.45, 2.75) is 39.2 Å². The number of aryl methyl sites for hydroxylation is 1. The third-order valence-corrected chi connectivity index (χ3v) is 3.65. The van der Waals surface area contributed by atoms with Gasteiger partial charge in [-0.3, -0.25) is 4.79 Å². The summed E-state index contributed by atoms with van der Waals surface area (Å²) >= 11 is 5.87. The van der Waals surface area contributed by atoms with Crippen LogP contribution in [0, 0.1) is 6.92 Å². The molecule has 0 unspecified atom stereocenters. The molecule has 0 aliphatic rings. The maximum atomic E-state index is 12.2. The highest BCUT2D eigenvalue weighted by molar-refractivity contribution is 6.31. The van der Waals surface area contributed by atoms with Crippen molar-refractivity contribution in [2.75, 3.05) is 0 Å². The molecule has 2 N–H and O–H groups in total. The summed E-state index contributed by atoms with van der Waals surface area (Å²) in [4.78, 5) is 23.6. The summed E-state index contributed by atoms with van der Waals surface area (Å²) < 4.78 is 0. The Hall–Kier alpha value is -1.55. The van der Waals surface area contributed by atoms with Gasteiger partial charge in [0.1, 0.15) is 5.54 Å². The number of hydrogen-bond acceptors (Lipinski definition) is 2. The zero-order valence-electron chi connectivity index (χ0n) is 11.3. The van der Waals surface area contributed by atoms with Crippen molar-refractivity contribution in [3.05, 3.63) is 34.3 Å². The molecule has 1 rings (SSSR count). The van der Waals surface area contributed by atoms with Crippen LogP contribution >= 0.6 is 11.6 Å². The molecule has 0 radical (unpaired) electrons. The van der Waals surface area contributed by atoms with E-state index in [1.54, 1.807) is 39.0 Å². The molecule has 1 aromatic rings. The van der Waals surface area contributed by atoms with E-state index in [1.807, 2.05) is 0 Å². The Morgan fingerprint density at radius 2 is 1.89 bits per heavy atom. The lowest BCUT2D eigenvalue weighted by atomic mass is 9.92. The molecule has 1 amide bonds. The molecule has 0 aromatic heterocycles. The molecule has 0 bridgehead atoms. The van der Waals surface area contributed by atoms with E-state index in [0.717, 1.165) is 5.56 Å². The van der Waals surface area contributed by atoms with Crippen LogP contribution in [0.2, 0.25) is 5.02 Å².